The minimum absolute atomic E-state index is 0.452. The third kappa shape index (κ3) is 4.67. The normalized spacial score (nSPS) is 18.9. The lowest BCUT2D eigenvalue weighted by Gasteiger charge is -2.33. The van der Waals surface area contributed by atoms with Crippen molar-refractivity contribution in [3.8, 4) is 0 Å². The molecule has 2 rings (SSSR count). The van der Waals surface area contributed by atoms with Gasteiger partial charge in [-0.3, -0.25) is 9.59 Å². The van der Waals surface area contributed by atoms with E-state index in [1.165, 1.54) is 19.3 Å². The van der Waals surface area contributed by atoms with Gasteiger partial charge < -0.3 is 10.2 Å². The molecule has 0 bridgehead atoms. The SMILES string of the molecule is Cc1ccc(C(=O)C(=O)NCCCN2CCCCC2C)cc1. The van der Waals surface area contributed by atoms with E-state index in [2.05, 4.69) is 17.1 Å². The van der Waals surface area contributed by atoms with E-state index in [-0.39, 0.29) is 0 Å². The Hall–Kier alpha value is -1.68. The average Bonchev–Trinajstić information content (AvgIpc) is 2.53. The van der Waals surface area contributed by atoms with Gasteiger partial charge in [-0.1, -0.05) is 36.2 Å². The van der Waals surface area contributed by atoms with Crippen molar-refractivity contribution in [3.63, 3.8) is 0 Å². The van der Waals surface area contributed by atoms with E-state index in [1.807, 2.05) is 19.1 Å². The molecular weight excluding hydrogens is 276 g/mol. The van der Waals surface area contributed by atoms with Crippen LogP contribution in [-0.2, 0) is 4.79 Å². The van der Waals surface area contributed by atoms with Gasteiger partial charge in [0.2, 0.25) is 5.78 Å². The molecule has 22 heavy (non-hydrogen) atoms. The molecule has 1 atom stereocenters. The number of ketones is 1. The number of likely N-dealkylation sites (tertiary alicyclic amines) is 1. The fourth-order valence-corrected chi connectivity index (χ4v) is 2.89. The molecule has 1 fully saturated rings. The van der Waals surface area contributed by atoms with Gasteiger partial charge in [-0.15, -0.1) is 0 Å². The largest absolute Gasteiger partial charge is 0.349 e. The first-order chi connectivity index (χ1) is 10.6. The Bertz CT molecular complexity index is 510. The maximum absolute atomic E-state index is 12.0. The van der Waals surface area contributed by atoms with Gasteiger partial charge in [0.05, 0.1) is 0 Å². The van der Waals surface area contributed by atoms with Gasteiger partial charge in [0.1, 0.15) is 0 Å². The van der Waals surface area contributed by atoms with Crippen molar-refractivity contribution >= 4 is 11.7 Å². The van der Waals surface area contributed by atoms with Crippen LogP contribution in [-0.4, -0.2) is 42.3 Å². The second-order valence-electron chi connectivity index (χ2n) is 6.19. The number of nitrogens with zero attached hydrogens (tertiary/aromatic N) is 1. The number of hydrogen-bond donors (Lipinski definition) is 1. The number of Topliss-reactive ketones (excluding diaryl/α,β-unsaturated/α-hetero) is 1. The minimum atomic E-state index is -0.504. The number of hydrogen-bond acceptors (Lipinski definition) is 3. The highest BCUT2D eigenvalue weighted by atomic mass is 16.2. The van der Waals surface area contributed by atoms with Crippen LogP contribution in [0.15, 0.2) is 24.3 Å². The van der Waals surface area contributed by atoms with Crippen LogP contribution in [0.1, 0.15) is 48.5 Å². The van der Waals surface area contributed by atoms with Gasteiger partial charge >= 0.3 is 0 Å². The van der Waals surface area contributed by atoms with Crippen molar-refractivity contribution < 1.29 is 9.59 Å². The summed E-state index contributed by atoms with van der Waals surface area (Å²) in [6.45, 7) is 6.91. The first-order valence-corrected chi connectivity index (χ1v) is 8.21. The fraction of sp³-hybridized carbons (Fsp3) is 0.556. The minimum Gasteiger partial charge on any atom is -0.349 e. The second kappa shape index (κ2) is 8.08. The zero-order valence-electron chi connectivity index (χ0n) is 13.6. The Morgan fingerprint density at radius 2 is 1.95 bits per heavy atom. The zero-order valence-corrected chi connectivity index (χ0v) is 13.6. The highest BCUT2D eigenvalue weighted by molar-refractivity contribution is 6.42. The second-order valence-corrected chi connectivity index (χ2v) is 6.19. The van der Waals surface area contributed by atoms with Crippen molar-refractivity contribution in [2.45, 2.75) is 45.6 Å². The number of nitrogens with one attached hydrogen (secondary N) is 1. The summed E-state index contributed by atoms with van der Waals surface area (Å²) < 4.78 is 0. The molecule has 1 saturated heterocycles. The molecule has 0 saturated carbocycles. The van der Waals surface area contributed by atoms with E-state index >= 15 is 0 Å². The number of benzene rings is 1. The lowest BCUT2D eigenvalue weighted by atomic mass is 10.0. The summed E-state index contributed by atoms with van der Waals surface area (Å²) in [6, 6.07) is 7.73. The van der Waals surface area contributed by atoms with E-state index in [0.717, 1.165) is 25.1 Å². The number of piperidine rings is 1. The summed E-state index contributed by atoms with van der Waals surface area (Å²) in [7, 11) is 0. The van der Waals surface area contributed by atoms with Crippen LogP contribution in [0, 0.1) is 6.92 Å². The molecule has 1 aromatic carbocycles. The number of amides is 1. The van der Waals surface area contributed by atoms with Crippen LogP contribution in [0.4, 0.5) is 0 Å². The Morgan fingerprint density at radius 3 is 2.64 bits per heavy atom. The summed E-state index contributed by atoms with van der Waals surface area (Å²) in [4.78, 5) is 26.3. The maximum atomic E-state index is 12.0. The molecule has 1 aliphatic heterocycles. The summed E-state index contributed by atoms with van der Waals surface area (Å²) >= 11 is 0. The predicted octanol–water partition coefficient (Wildman–Crippen LogP) is 2.56. The van der Waals surface area contributed by atoms with Crippen molar-refractivity contribution in [1.29, 1.82) is 0 Å². The molecule has 0 spiro atoms. The molecule has 120 valence electrons. The third-order valence-electron chi connectivity index (χ3n) is 4.37. The monoisotopic (exact) mass is 302 g/mol. The molecule has 4 heteroatoms. The predicted molar refractivity (Wildman–Crippen MR) is 88.0 cm³/mol. The van der Waals surface area contributed by atoms with Crippen molar-refractivity contribution in [3.05, 3.63) is 35.4 Å². The molecule has 1 heterocycles. The van der Waals surface area contributed by atoms with E-state index in [1.54, 1.807) is 12.1 Å². The smallest absolute Gasteiger partial charge is 0.292 e. The summed E-state index contributed by atoms with van der Waals surface area (Å²) in [6.07, 6.45) is 4.73. The van der Waals surface area contributed by atoms with Crippen molar-refractivity contribution in [2.24, 2.45) is 0 Å². The molecule has 1 N–H and O–H groups in total. The maximum Gasteiger partial charge on any atom is 0.292 e. The molecular formula is C18H26N2O2. The van der Waals surface area contributed by atoms with Gasteiger partial charge in [0, 0.05) is 24.7 Å². The molecule has 0 radical (unpaired) electrons. The molecule has 1 unspecified atom stereocenters. The van der Waals surface area contributed by atoms with E-state index in [9.17, 15) is 9.59 Å². The molecule has 0 aromatic heterocycles. The van der Waals surface area contributed by atoms with Crippen LogP contribution in [0.2, 0.25) is 0 Å². The van der Waals surface area contributed by atoms with Crippen LogP contribution in [0.3, 0.4) is 0 Å². The van der Waals surface area contributed by atoms with Crippen molar-refractivity contribution in [1.82, 2.24) is 10.2 Å². The van der Waals surface area contributed by atoms with E-state index in [0.29, 0.717) is 18.2 Å². The highest BCUT2D eigenvalue weighted by Crippen LogP contribution is 2.16. The topological polar surface area (TPSA) is 49.4 Å². The molecule has 0 aliphatic carbocycles. The number of carbonyl (C=O) groups excluding carboxylic acids is 2. The number of carbonyl (C=O) groups is 2. The fourth-order valence-electron chi connectivity index (χ4n) is 2.89. The Kier molecular flexibility index (Phi) is 6.13. The Labute approximate surface area is 132 Å². The number of aryl methyl sites for hydroxylation is 1. The standard InChI is InChI=1S/C18H26N2O2/c1-14-7-9-16(10-8-14)17(21)18(22)19-11-5-13-20-12-4-3-6-15(20)2/h7-10,15H,3-6,11-13H2,1-2H3,(H,19,22). The first kappa shape index (κ1) is 16.7. The lowest BCUT2D eigenvalue weighted by molar-refractivity contribution is -0.117. The van der Waals surface area contributed by atoms with Crippen LogP contribution >= 0.6 is 0 Å². The number of rotatable bonds is 6. The average molecular weight is 302 g/mol. The first-order valence-electron chi connectivity index (χ1n) is 8.21. The van der Waals surface area contributed by atoms with Crippen molar-refractivity contribution in [2.75, 3.05) is 19.6 Å². The molecule has 4 nitrogen and oxygen atoms in total. The Morgan fingerprint density at radius 1 is 1.23 bits per heavy atom. The van der Waals surface area contributed by atoms with Crippen LogP contribution < -0.4 is 5.32 Å². The van der Waals surface area contributed by atoms with Gasteiger partial charge in [0.15, 0.2) is 0 Å². The Balaban J connectivity index is 1.71. The van der Waals surface area contributed by atoms with E-state index < -0.39 is 11.7 Å². The highest BCUT2D eigenvalue weighted by Gasteiger charge is 2.18. The van der Waals surface area contributed by atoms with Gasteiger partial charge in [-0.25, -0.2) is 0 Å². The van der Waals surface area contributed by atoms with Crippen LogP contribution in [0.5, 0.6) is 0 Å². The van der Waals surface area contributed by atoms with E-state index in [4.69, 9.17) is 0 Å². The summed E-state index contributed by atoms with van der Waals surface area (Å²) in [5, 5.41) is 2.73. The van der Waals surface area contributed by atoms with Gasteiger partial charge in [0.25, 0.3) is 5.91 Å². The van der Waals surface area contributed by atoms with Gasteiger partial charge in [-0.05, 0) is 39.7 Å². The molecule has 1 aliphatic rings. The molecule has 1 aromatic rings. The molecule has 1 amide bonds. The summed E-state index contributed by atoms with van der Waals surface area (Å²) in [5.41, 5.74) is 1.53. The van der Waals surface area contributed by atoms with Crippen LogP contribution in [0.25, 0.3) is 0 Å². The van der Waals surface area contributed by atoms with Gasteiger partial charge in [-0.2, -0.15) is 0 Å². The third-order valence-corrected chi connectivity index (χ3v) is 4.37. The lowest BCUT2D eigenvalue weighted by Crippen LogP contribution is -2.39. The quantitative estimate of drug-likeness (QED) is 0.499. The summed E-state index contributed by atoms with van der Waals surface area (Å²) in [5.74, 6) is -0.957. The zero-order chi connectivity index (χ0) is 15.9.